The van der Waals surface area contributed by atoms with Crippen LogP contribution in [0.3, 0.4) is 0 Å². The number of pyridine rings is 1. The number of rotatable bonds is 5. The van der Waals surface area contributed by atoms with Crippen LogP contribution in [-0.2, 0) is 14.8 Å². The molecule has 1 amide bonds. The van der Waals surface area contributed by atoms with E-state index in [0.29, 0.717) is 28.8 Å². The molecule has 134 valence electrons. The lowest BCUT2D eigenvalue weighted by molar-refractivity contribution is -0.120. The molecule has 0 radical (unpaired) electrons. The van der Waals surface area contributed by atoms with E-state index in [-0.39, 0.29) is 29.9 Å². The molecule has 3 rings (SSSR count). The molecule has 7 nitrogen and oxygen atoms in total. The van der Waals surface area contributed by atoms with Gasteiger partial charge >= 0.3 is 0 Å². The van der Waals surface area contributed by atoms with E-state index in [0.717, 1.165) is 0 Å². The van der Waals surface area contributed by atoms with E-state index in [1.54, 1.807) is 31.4 Å². The summed E-state index contributed by atoms with van der Waals surface area (Å²) in [6.45, 7) is 0.804. The van der Waals surface area contributed by atoms with Crippen LogP contribution >= 0.6 is 11.6 Å². The number of halogens is 1. The molecule has 0 spiro atoms. The molecular formula is C16H19ClN4O3S. The number of nitrogens with zero attached hydrogens (tertiary/aromatic N) is 2. The van der Waals surface area contributed by atoms with Gasteiger partial charge < -0.3 is 10.6 Å². The fourth-order valence-corrected chi connectivity index (χ4v) is 5.08. The minimum absolute atomic E-state index is 0.147. The van der Waals surface area contributed by atoms with Crippen molar-refractivity contribution in [1.29, 1.82) is 0 Å². The number of aromatic nitrogens is 1. The molecule has 1 saturated heterocycles. The van der Waals surface area contributed by atoms with Crippen LogP contribution in [0.5, 0.6) is 0 Å². The van der Waals surface area contributed by atoms with Crippen molar-refractivity contribution in [1.82, 2.24) is 19.9 Å². The van der Waals surface area contributed by atoms with Crippen LogP contribution in [0, 0.1) is 0 Å². The Hall–Kier alpha value is -1.74. The Morgan fingerprint density at radius 1 is 1.40 bits per heavy atom. The highest BCUT2D eigenvalue weighted by Gasteiger charge is 2.34. The monoisotopic (exact) mass is 382 g/mol. The first-order valence-corrected chi connectivity index (χ1v) is 9.71. The molecule has 1 aromatic heterocycles. The second-order valence-electron chi connectivity index (χ2n) is 5.92. The number of sulfonamides is 1. The van der Waals surface area contributed by atoms with Gasteiger partial charge in [0.05, 0.1) is 16.5 Å². The molecule has 0 unspecified atom stereocenters. The third-order valence-corrected chi connectivity index (χ3v) is 6.36. The van der Waals surface area contributed by atoms with Crippen LogP contribution in [0.25, 0.3) is 10.8 Å². The van der Waals surface area contributed by atoms with Crippen LogP contribution in [0.2, 0.25) is 5.02 Å². The predicted molar refractivity (Wildman–Crippen MR) is 96.0 cm³/mol. The van der Waals surface area contributed by atoms with E-state index < -0.39 is 10.0 Å². The van der Waals surface area contributed by atoms with E-state index in [2.05, 4.69) is 15.6 Å². The summed E-state index contributed by atoms with van der Waals surface area (Å²) in [5.41, 5.74) is 0. The maximum Gasteiger partial charge on any atom is 0.243 e. The van der Waals surface area contributed by atoms with E-state index >= 15 is 0 Å². The number of hydrogen-bond acceptors (Lipinski definition) is 5. The quantitative estimate of drug-likeness (QED) is 0.804. The molecule has 25 heavy (non-hydrogen) atoms. The van der Waals surface area contributed by atoms with Gasteiger partial charge in [-0.15, -0.1) is 0 Å². The molecule has 0 saturated carbocycles. The number of likely N-dealkylation sites (N-methyl/N-ethyl adjacent to an activating group) is 1. The summed E-state index contributed by atoms with van der Waals surface area (Å²) in [6.07, 6.45) is 3.60. The maximum atomic E-state index is 13.1. The summed E-state index contributed by atoms with van der Waals surface area (Å²) in [6, 6.07) is 4.81. The van der Waals surface area contributed by atoms with Gasteiger partial charge in [0.15, 0.2) is 0 Å². The van der Waals surface area contributed by atoms with E-state index in [1.165, 1.54) is 10.5 Å². The van der Waals surface area contributed by atoms with Crippen molar-refractivity contribution in [3.63, 3.8) is 0 Å². The average molecular weight is 383 g/mol. The highest BCUT2D eigenvalue weighted by molar-refractivity contribution is 7.89. The summed E-state index contributed by atoms with van der Waals surface area (Å²) < 4.78 is 27.6. The minimum Gasteiger partial charge on any atom is -0.351 e. The zero-order valence-corrected chi connectivity index (χ0v) is 15.3. The number of benzene rings is 1. The largest absolute Gasteiger partial charge is 0.351 e. The summed E-state index contributed by atoms with van der Waals surface area (Å²) in [5.74, 6) is -0.147. The van der Waals surface area contributed by atoms with Gasteiger partial charge in [-0.25, -0.2) is 8.42 Å². The molecule has 9 heteroatoms. The van der Waals surface area contributed by atoms with E-state index in [9.17, 15) is 13.2 Å². The smallest absolute Gasteiger partial charge is 0.243 e. The van der Waals surface area contributed by atoms with Crippen LogP contribution in [-0.4, -0.2) is 56.3 Å². The summed E-state index contributed by atoms with van der Waals surface area (Å²) >= 11 is 6.20. The molecule has 2 heterocycles. The van der Waals surface area contributed by atoms with Crippen LogP contribution in [0.15, 0.2) is 35.5 Å². The standard InChI is InChI=1S/C16H19ClN4O3S/c1-18-9-15(22)20-12-5-6-21(10-12)25(23,24)14-4-2-3-11-7-19-8-13(17)16(11)14/h2-4,7-8,12,18H,5-6,9-10H2,1H3,(H,20,22)/t12-/m1/s1. The van der Waals surface area contributed by atoms with Gasteiger partial charge in [-0.2, -0.15) is 4.31 Å². The minimum atomic E-state index is -3.71. The van der Waals surface area contributed by atoms with Crippen molar-refractivity contribution in [3.05, 3.63) is 35.6 Å². The number of nitrogens with one attached hydrogen (secondary N) is 2. The summed E-state index contributed by atoms with van der Waals surface area (Å²) in [4.78, 5) is 15.8. The Labute approximate surface area is 151 Å². The lowest BCUT2D eigenvalue weighted by atomic mass is 10.2. The highest BCUT2D eigenvalue weighted by Crippen LogP contribution is 2.31. The number of fused-ring (bicyclic) bond motifs is 1. The third kappa shape index (κ3) is 3.62. The zero-order chi connectivity index (χ0) is 18.0. The number of hydrogen-bond donors (Lipinski definition) is 2. The van der Waals surface area contributed by atoms with Crippen molar-refractivity contribution >= 4 is 38.3 Å². The van der Waals surface area contributed by atoms with Crippen LogP contribution in [0.4, 0.5) is 0 Å². The molecule has 2 aromatic rings. The average Bonchev–Trinajstić information content (AvgIpc) is 3.04. The summed E-state index contributed by atoms with van der Waals surface area (Å²) in [7, 11) is -2.03. The van der Waals surface area contributed by atoms with Crippen molar-refractivity contribution < 1.29 is 13.2 Å². The number of amides is 1. The van der Waals surface area contributed by atoms with Crippen molar-refractivity contribution in [2.24, 2.45) is 0 Å². The second-order valence-corrected chi connectivity index (χ2v) is 8.24. The van der Waals surface area contributed by atoms with Gasteiger partial charge in [-0.05, 0) is 19.5 Å². The molecule has 1 aliphatic rings. The number of carbonyl (C=O) groups excluding carboxylic acids is 1. The van der Waals surface area contributed by atoms with Crippen molar-refractivity contribution in [2.45, 2.75) is 17.4 Å². The Kier molecular flexibility index (Phi) is 5.24. The predicted octanol–water partition coefficient (Wildman–Crippen LogP) is 0.987. The molecule has 0 aliphatic carbocycles. The molecule has 1 aromatic carbocycles. The van der Waals surface area contributed by atoms with Gasteiger partial charge in [0.2, 0.25) is 15.9 Å². The zero-order valence-electron chi connectivity index (χ0n) is 13.7. The molecular weight excluding hydrogens is 364 g/mol. The first kappa shape index (κ1) is 18.1. The molecule has 0 bridgehead atoms. The SMILES string of the molecule is CNCC(=O)N[C@@H]1CCN(S(=O)(=O)c2cccc3cncc(Cl)c23)C1. The first-order chi connectivity index (χ1) is 11.9. The summed E-state index contributed by atoms with van der Waals surface area (Å²) in [5, 5.41) is 7.06. The van der Waals surface area contributed by atoms with Gasteiger partial charge in [0, 0.05) is 42.3 Å². The number of carbonyl (C=O) groups is 1. The topological polar surface area (TPSA) is 91.4 Å². The fourth-order valence-electron chi connectivity index (χ4n) is 3.02. The fraction of sp³-hybridized carbons (Fsp3) is 0.375. The Balaban J connectivity index is 1.87. The van der Waals surface area contributed by atoms with Crippen LogP contribution in [0.1, 0.15) is 6.42 Å². The van der Waals surface area contributed by atoms with E-state index in [4.69, 9.17) is 11.6 Å². The normalized spacial score (nSPS) is 18.6. The molecule has 1 fully saturated rings. The molecule has 2 N–H and O–H groups in total. The van der Waals surface area contributed by atoms with Crippen LogP contribution < -0.4 is 10.6 Å². The van der Waals surface area contributed by atoms with Gasteiger partial charge in [-0.3, -0.25) is 9.78 Å². The van der Waals surface area contributed by atoms with Gasteiger partial charge in [0.25, 0.3) is 0 Å². The molecule has 1 aliphatic heterocycles. The van der Waals surface area contributed by atoms with Crippen molar-refractivity contribution in [3.8, 4) is 0 Å². The third-order valence-electron chi connectivity index (χ3n) is 4.17. The lowest BCUT2D eigenvalue weighted by Crippen LogP contribution is -2.41. The Morgan fingerprint density at radius 3 is 2.96 bits per heavy atom. The highest BCUT2D eigenvalue weighted by atomic mass is 35.5. The van der Waals surface area contributed by atoms with Gasteiger partial charge in [0.1, 0.15) is 0 Å². The Morgan fingerprint density at radius 2 is 2.20 bits per heavy atom. The lowest BCUT2D eigenvalue weighted by Gasteiger charge is -2.18. The molecule has 1 atom stereocenters. The van der Waals surface area contributed by atoms with E-state index in [1.807, 2.05) is 0 Å². The maximum absolute atomic E-state index is 13.1. The van der Waals surface area contributed by atoms with Crippen molar-refractivity contribution in [2.75, 3.05) is 26.7 Å². The second kappa shape index (κ2) is 7.25. The van der Waals surface area contributed by atoms with Gasteiger partial charge in [-0.1, -0.05) is 23.7 Å². The first-order valence-electron chi connectivity index (χ1n) is 7.90. The Bertz CT molecular complexity index is 898.